The lowest BCUT2D eigenvalue weighted by atomic mass is 9.96. The first-order valence-corrected chi connectivity index (χ1v) is 10.2. The molecule has 1 aromatic heterocycles. The third kappa shape index (κ3) is 5.13. The highest BCUT2D eigenvalue weighted by atomic mass is 35.5. The van der Waals surface area contributed by atoms with E-state index < -0.39 is 6.04 Å². The van der Waals surface area contributed by atoms with Crippen LogP contribution in [-0.4, -0.2) is 22.7 Å². The highest BCUT2D eigenvalue weighted by Crippen LogP contribution is 2.26. The van der Waals surface area contributed by atoms with Gasteiger partial charge in [-0.3, -0.25) is 0 Å². The van der Waals surface area contributed by atoms with E-state index in [-0.39, 0.29) is 18.0 Å². The first kappa shape index (κ1) is 21.7. The van der Waals surface area contributed by atoms with E-state index in [9.17, 15) is 4.79 Å². The summed E-state index contributed by atoms with van der Waals surface area (Å²) in [5.74, 6) is 1.64. The van der Waals surface area contributed by atoms with Crippen molar-refractivity contribution in [3.63, 3.8) is 0 Å². The maximum atomic E-state index is 13.0. The third-order valence-corrected chi connectivity index (χ3v) is 5.25. The molecule has 0 unspecified atom stereocenters. The Bertz CT molecular complexity index is 985. The minimum atomic E-state index is -0.432. The summed E-state index contributed by atoms with van der Waals surface area (Å²) in [7, 11) is 3.52. The minimum absolute atomic E-state index is 0.158. The molecule has 0 fully saturated rings. The van der Waals surface area contributed by atoms with Crippen molar-refractivity contribution < 1.29 is 9.53 Å². The molecule has 7 heteroatoms. The molecule has 30 heavy (non-hydrogen) atoms. The number of nitrogens with zero attached hydrogens (tertiary/aromatic N) is 2. The van der Waals surface area contributed by atoms with E-state index in [0.717, 1.165) is 22.7 Å². The molecule has 2 aromatic carbocycles. The molecule has 0 saturated carbocycles. The van der Waals surface area contributed by atoms with Crippen LogP contribution in [0.2, 0.25) is 5.02 Å². The van der Waals surface area contributed by atoms with E-state index in [0.29, 0.717) is 5.02 Å². The fourth-order valence-corrected chi connectivity index (χ4v) is 3.52. The van der Waals surface area contributed by atoms with Gasteiger partial charge in [-0.05, 0) is 41.3 Å². The molecule has 6 nitrogen and oxygen atoms in total. The van der Waals surface area contributed by atoms with Gasteiger partial charge in [0.1, 0.15) is 17.6 Å². The van der Waals surface area contributed by atoms with Crippen LogP contribution in [0.15, 0.2) is 60.9 Å². The van der Waals surface area contributed by atoms with Gasteiger partial charge in [-0.15, -0.1) is 0 Å². The number of aryl methyl sites for hydroxylation is 1. The first-order valence-electron chi connectivity index (χ1n) is 9.82. The Balaban J connectivity index is 1.85. The van der Waals surface area contributed by atoms with Crippen molar-refractivity contribution in [3.8, 4) is 5.75 Å². The molecule has 0 aliphatic heterocycles. The fraction of sp³-hybridized carbons (Fsp3) is 0.304. The summed E-state index contributed by atoms with van der Waals surface area (Å²) in [6, 6.07) is 14.3. The Morgan fingerprint density at radius 3 is 2.43 bits per heavy atom. The quantitative estimate of drug-likeness (QED) is 0.566. The van der Waals surface area contributed by atoms with Crippen LogP contribution in [0.3, 0.4) is 0 Å². The molecule has 0 saturated heterocycles. The monoisotopic (exact) mass is 426 g/mol. The lowest BCUT2D eigenvalue weighted by Crippen LogP contribution is -2.42. The number of imidazole rings is 1. The molecule has 0 radical (unpaired) electrons. The second-order valence-electron chi connectivity index (χ2n) is 7.50. The summed E-state index contributed by atoms with van der Waals surface area (Å²) in [6.07, 6.45) is 3.57. The molecule has 0 aliphatic carbocycles. The number of carbonyl (C=O) groups excluding carboxylic acids is 1. The van der Waals surface area contributed by atoms with E-state index in [1.807, 2.05) is 66.3 Å². The van der Waals surface area contributed by atoms with Crippen LogP contribution >= 0.6 is 11.6 Å². The summed E-state index contributed by atoms with van der Waals surface area (Å²) in [5.41, 5.74) is 1.88. The lowest BCUT2D eigenvalue weighted by molar-refractivity contribution is 0.230. The number of amides is 2. The molecule has 1 heterocycles. The minimum Gasteiger partial charge on any atom is -0.497 e. The van der Waals surface area contributed by atoms with Gasteiger partial charge in [0.25, 0.3) is 0 Å². The van der Waals surface area contributed by atoms with Crippen molar-refractivity contribution in [2.45, 2.75) is 25.9 Å². The number of hydrogen-bond acceptors (Lipinski definition) is 3. The molecule has 2 amide bonds. The number of halogens is 1. The van der Waals surface area contributed by atoms with Gasteiger partial charge >= 0.3 is 6.03 Å². The van der Waals surface area contributed by atoms with Gasteiger partial charge in [-0.1, -0.05) is 49.7 Å². The predicted molar refractivity (Wildman–Crippen MR) is 119 cm³/mol. The standard InChI is InChI=1S/C23H27ClN4O2/c1-15(2)20(16-8-10-18(24)11-9-16)26-23(29)27-21(22-25-12-13-28(22)3)17-6-5-7-19(14-17)30-4/h5-15,20-21H,1-4H3,(H2,26,27,29)/t20-,21+/m0/s1. The molecule has 2 N–H and O–H groups in total. The summed E-state index contributed by atoms with van der Waals surface area (Å²) >= 11 is 6.02. The molecular formula is C23H27ClN4O2. The number of benzene rings is 2. The Kier molecular flexibility index (Phi) is 7.00. The van der Waals surface area contributed by atoms with E-state index in [1.165, 1.54) is 0 Å². The van der Waals surface area contributed by atoms with Crippen LogP contribution in [0.4, 0.5) is 4.79 Å². The lowest BCUT2D eigenvalue weighted by Gasteiger charge is -2.26. The van der Waals surface area contributed by atoms with Gasteiger partial charge in [0.15, 0.2) is 0 Å². The van der Waals surface area contributed by atoms with Crippen LogP contribution in [0.5, 0.6) is 5.75 Å². The number of rotatable bonds is 7. The molecule has 158 valence electrons. The largest absolute Gasteiger partial charge is 0.497 e. The highest BCUT2D eigenvalue weighted by molar-refractivity contribution is 6.30. The Hall–Kier alpha value is -2.99. The molecule has 3 aromatic rings. The Morgan fingerprint density at radius 2 is 1.83 bits per heavy atom. The zero-order chi connectivity index (χ0) is 21.7. The number of nitrogens with one attached hydrogen (secondary N) is 2. The van der Waals surface area contributed by atoms with Crippen LogP contribution in [0.25, 0.3) is 0 Å². The highest BCUT2D eigenvalue weighted by Gasteiger charge is 2.24. The number of hydrogen-bond donors (Lipinski definition) is 2. The maximum Gasteiger partial charge on any atom is 0.316 e. The molecule has 0 aliphatic rings. The zero-order valence-corrected chi connectivity index (χ0v) is 18.4. The second-order valence-corrected chi connectivity index (χ2v) is 7.93. The van der Waals surface area contributed by atoms with Crippen LogP contribution in [0, 0.1) is 5.92 Å². The van der Waals surface area contributed by atoms with Crippen LogP contribution < -0.4 is 15.4 Å². The summed E-state index contributed by atoms with van der Waals surface area (Å²) < 4.78 is 7.25. The van der Waals surface area contributed by atoms with Crippen LogP contribution in [-0.2, 0) is 7.05 Å². The normalized spacial score (nSPS) is 13.0. The zero-order valence-electron chi connectivity index (χ0n) is 17.6. The number of methoxy groups -OCH3 is 1. The molecule has 0 spiro atoms. The number of carbonyl (C=O) groups is 1. The fourth-order valence-electron chi connectivity index (χ4n) is 3.39. The maximum absolute atomic E-state index is 13.0. The topological polar surface area (TPSA) is 68.2 Å². The summed E-state index contributed by atoms with van der Waals surface area (Å²) in [6.45, 7) is 4.13. The number of aromatic nitrogens is 2. The molecular weight excluding hydrogens is 400 g/mol. The van der Waals surface area contributed by atoms with Crippen molar-refractivity contribution in [1.82, 2.24) is 20.2 Å². The van der Waals surface area contributed by atoms with Crippen molar-refractivity contribution >= 4 is 17.6 Å². The molecule has 2 atom stereocenters. The second kappa shape index (κ2) is 9.67. The van der Waals surface area contributed by atoms with Gasteiger partial charge in [0.2, 0.25) is 0 Å². The van der Waals surface area contributed by atoms with Crippen LogP contribution in [0.1, 0.15) is 42.9 Å². The van der Waals surface area contributed by atoms with E-state index in [1.54, 1.807) is 13.3 Å². The number of urea groups is 1. The van der Waals surface area contributed by atoms with Gasteiger partial charge in [0.05, 0.1) is 13.2 Å². The predicted octanol–water partition coefficient (Wildman–Crippen LogP) is 4.87. The smallest absolute Gasteiger partial charge is 0.316 e. The summed E-state index contributed by atoms with van der Waals surface area (Å²) in [5, 5.41) is 6.85. The first-order chi connectivity index (χ1) is 14.4. The molecule has 3 rings (SSSR count). The average molecular weight is 427 g/mol. The SMILES string of the molecule is COc1cccc([C@@H](NC(=O)N[C@H](c2ccc(Cl)cc2)C(C)C)c2nccn2C)c1. The van der Waals surface area contributed by atoms with E-state index in [4.69, 9.17) is 16.3 Å². The average Bonchev–Trinajstić information content (AvgIpc) is 3.16. The number of ether oxygens (including phenoxy) is 1. The van der Waals surface area contributed by atoms with E-state index >= 15 is 0 Å². The third-order valence-electron chi connectivity index (χ3n) is 5.00. The summed E-state index contributed by atoms with van der Waals surface area (Å²) in [4.78, 5) is 17.5. The van der Waals surface area contributed by atoms with Crippen molar-refractivity contribution in [1.29, 1.82) is 0 Å². The van der Waals surface area contributed by atoms with Crippen molar-refractivity contribution in [2.75, 3.05) is 7.11 Å². The van der Waals surface area contributed by atoms with E-state index in [2.05, 4.69) is 29.5 Å². The van der Waals surface area contributed by atoms with Gasteiger partial charge < -0.3 is 19.9 Å². The van der Waals surface area contributed by atoms with Gasteiger partial charge in [-0.2, -0.15) is 0 Å². The molecule has 0 bridgehead atoms. The van der Waals surface area contributed by atoms with Gasteiger partial charge in [-0.25, -0.2) is 9.78 Å². The van der Waals surface area contributed by atoms with Crippen molar-refractivity contribution in [3.05, 3.63) is 82.9 Å². The van der Waals surface area contributed by atoms with Crippen molar-refractivity contribution in [2.24, 2.45) is 13.0 Å². The van der Waals surface area contributed by atoms with Gasteiger partial charge in [0, 0.05) is 24.5 Å². The Morgan fingerprint density at radius 1 is 1.10 bits per heavy atom. The Labute approximate surface area is 182 Å².